The van der Waals surface area contributed by atoms with Gasteiger partial charge in [-0.05, 0) is 33.3 Å². The standard InChI is InChI=1S/C13H24N2O/c1-6-11-10-14(12(16)7-2)8-9-15(11)13(3,4)5/h7,11H,2,6,8-10H2,1,3-5H3. The van der Waals surface area contributed by atoms with Crippen LogP contribution in [0.2, 0.25) is 0 Å². The number of amides is 1. The van der Waals surface area contributed by atoms with E-state index in [1.165, 1.54) is 6.08 Å². The summed E-state index contributed by atoms with van der Waals surface area (Å²) < 4.78 is 0. The highest BCUT2D eigenvalue weighted by Gasteiger charge is 2.33. The van der Waals surface area contributed by atoms with Crippen molar-refractivity contribution in [2.75, 3.05) is 19.6 Å². The highest BCUT2D eigenvalue weighted by Crippen LogP contribution is 2.22. The molecule has 1 unspecified atom stereocenters. The van der Waals surface area contributed by atoms with Gasteiger partial charge in [-0.25, -0.2) is 0 Å². The molecule has 1 saturated heterocycles. The Labute approximate surface area is 99.1 Å². The van der Waals surface area contributed by atoms with Gasteiger partial charge in [-0.1, -0.05) is 13.5 Å². The van der Waals surface area contributed by atoms with Crippen LogP contribution in [-0.2, 0) is 4.79 Å². The lowest BCUT2D eigenvalue weighted by Gasteiger charge is -2.47. The minimum Gasteiger partial charge on any atom is -0.336 e. The molecule has 0 aromatic rings. The molecule has 0 bridgehead atoms. The first-order valence-corrected chi connectivity index (χ1v) is 6.08. The fourth-order valence-corrected chi connectivity index (χ4v) is 2.42. The monoisotopic (exact) mass is 224 g/mol. The summed E-state index contributed by atoms with van der Waals surface area (Å²) in [5.41, 5.74) is 0.185. The molecule has 0 N–H and O–H groups in total. The Balaban J connectivity index is 2.71. The van der Waals surface area contributed by atoms with Crippen molar-refractivity contribution in [3.8, 4) is 0 Å². The van der Waals surface area contributed by atoms with Gasteiger partial charge < -0.3 is 4.90 Å². The Bertz CT molecular complexity index is 268. The number of hydrogen-bond donors (Lipinski definition) is 0. The number of carbonyl (C=O) groups is 1. The zero-order valence-corrected chi connectivity index (χ0v) is 11.0. The summed E-state index contributed by atoms with van der Waals surface area (Å²) in [6.07, 6.45) is 2.50. The fraction of sp³-hybridized carbons (Fsp3) is 0.769. The predicted octanol–water partition coefficient (Wildman–Crippen LogP) is 1.89. The summed E-state index contributed by atoms with van der Waals surface area (Å²) in [7, 11) is 0. The van der Waals surface area contributed by atoms with Gasteiger partial charge in [-0.2, -0.15) is 0 Å². The molecule has 0 aromatic carbocycles. The van der Waals surface area contributed by atoms with Crippen molar-refractivity contribution < 1.29 is 4.79 Å². The van der Waals surface area contributed by atoms with Gasteiger partial charge >= 0.3 is 0 Å². The molecular weight excluding hydrogens is 200 g/mol. The molecule has 0 spiro atoms. The zero-order valence-electron chi connectivity index (χ0n) is 11.0. The largest absolute Gasteiger partial charge is 0.336 e. The average molecular weight is 224 g/mol. The van der Waals surface area contributed by atoms with Gasteiger partial charge in [-0.15, -0.1) is 0 Å². The third kappa shape index (κ3) is 2.85. The second-order valence-corrected chi connectivity index (χ2v) is 5.41. The van der Waals surface area contributed by atoms with Crippen LogP contribution in [0, 0.1) is 0 Å². The Hall–Kier alpha value is -0.830. The third-order valence-corrected chi connectivity index (χ3v) is 3.30. The summed E-state index contributed by atoms with van der Waals surface area (Å²) in [5, 5.41) is 0. The van der Waals surface area contributed by atoms with Crippen molar-refractivity contribution in [3.05, 3.63) is 12.7 Å². The molecule has 3 nitrogen and oxygen atoms in total. The molecule has 1 heterocycles. The lowest BCUT2D eigenvalue weighted by Crippen LogP contribution is -2.59. The summed E-state index contributed by atoms with van der Waals surface area (Å²) in [6, 6.07) is 0.470. The van der Waals surface area contributed by atoms with E-state index in [4.69, 9.17) is 0 Å². The first-order valence-electron chi connectivity index (χ1n) is 6.08. The van der Waals surface area contributed by atoms with E-state index in [1.54, 1.807) is 0 Å². The maximum absolute atomic E-state index is 11.6. The summed E-state index contributed by atoms with van der Waals surface area (Å²) in [4.78, 5) is 16.0. The SMILES string of the molecule is C=CC(=O)N1CCN(C(C)(C)C)C(CC)C1. The van der Waals surface area contributed by atoms with Gasteiger partial charge in [0.2, 0.25) is 5.91 Å². The Morgan fingerprint density at radius 2 is 2.06 bits per heavy atom. The van der Waals surface area contributed by atoms with E-state index in [1.807, 2.05) is 4.90 Å². The second-order valence-electron chi connectivity index (χ2n) is 5.41. The third-order valence-electron chi connectivity index (χ3n) is 3.30. The van der Waals surface area contributed by atoms with E-state index in [9.17, 15) is 4.79 Å². The van der Waals surface area contributed by atoms with Crippen molar-refractivity contribution in [1.82, 2.24) is 9.80 Å². The van der Waals surface area contributed by atoms with Crippen LogP contribution in [0.1, 0.15) is 34.1 Å². The van der Waals surface area contributed by atoms with Crippen LogP contribution in [0.25, 0.3) is 0 Å². The number of carbonyl (C=O) groups excluding carboxylic acids is 1. The first-order chi connectivity index (χ1) is 7.40. The Kier molecular flexibility index (Phi) is 4.14. The van der Waals surface area contributed by atoms with Gasteiger partial charge in [0.25, 0.3) is 0 Å². The molecule has 1 fully saturated rings. The molecular formula is C13H24N2O. The fourth-order valence-electron chi connectivity index (χ4n) is 2.42. The molecule has 1 amide bonds. The Morgan fingerprint density at radius 1 is 1.44 bits per heavy atom. The minimum atomic E-state index is 0.0620. The molecule has 16 heavy (non-hydrogen) atoms. The van der Waals surface area contributed by atoms with E-state index in [0.29, 0.717) is 6.04 Å². The lowest BCUT2D eigenvalue weighted by atomic mass is 9.98. The number of hydrogen-bond acceptors (Lipinski definition) is 2. The number of piperazine rings is 1. The molecule has 0 radical (unpaired) electrons. The molecule has 0 aromatic heterocycles. The van der Waals surface area contributed by atoms with Crippen LogP contribution in [0.4, 0.5) is 0 Å². The Morgan fingerprint density at radius 3 is 2.50 bits per heavy atom. The molecule has 3 heteroatoms. The highest BCUT2D eigenvalue weighted by molar-refractivity contribution is 5.87. The van der Waals surface area contributed by atoms with Crippen LogP contribution in [0.5, 0.6) is 0 Å². The summed E-state index contributed by atoms with van der Waals surface area (Å²) >= 11 is 0. The smallest absolute Gasteiger partial charge is 0.246 e. The molecule has 0 aliphatic carbocycles. The van der Waals surface area contributed by atoms with E-state index in [-0.39, 0.29) is 11.4 Å². The van der Waals surface area contributed by atoms with Crippen LogP contribution in [-0.4, -0.2) is 46.9 Å². The van der Waals surface area contributed by atoms with Crippen LogP contribution in [0.3, 0.4) is 0 Å². The van der Waals surface area contributed by atoms with E-state index >= 15 is 0 Å². The normalized spacial score (nSPS) is 23.2. The van der Waals surface area contributed by atoms with Crippen LogP contribution >= 0.6 is 0 Å². The van der Waals surface area contributed by atoms with Gasteiger partial charge in [0.15, 0.2) is 0 Å². The van der Waals surface area contributed by atoms with Crippen molar-refractivity contribution >= 4 is 5.91 Å². The van der Waals surface area contributed by atoms with Crippen molar-refractivity contribution in [2.24, 2.45) is 0 Å². The van der Waals surface area contributed by atoms with Gasteiger partial charge in [-0.3, -0.25) is 9.69 Å². The molecule has 1 aliphatic rings. The van der Waals surface area contributed by atoms with Crippen molar-refractivity contribution in [3.63, 3.8) is 0 Å². The van der Waals surface area contributed by atoms with Crippen LogP contribution < -0.4 is 0 Å². The average Bonchev–Trinajstić information content (AvgIpc) is 2.25. The summed E-state index contributed by atoms with van der Waals surface area (Å²) in [5.74, 6) is 0.0620. The number of nitrogens with zero attached hydrogens (tertiary/aromatic N) is 2. The summed E-state index contributed by atoms with van der Waals surface area (Å²) in [6.45, 7) is 15.1. The lowest BCUT2D eigenvalue weighted by molar-refractivity contribution is -0.130. The topological polar surface area (TPSA) is 23.6 Å². The first kappa shape index (κ1) is 13.2. The molecule has 1 rings (SSSR count). The predicted molar refractivity (Wildman–Crippen MR) is 67.3 cm³/mol. The van der Waals surface area contributed by atoms with E-state index in [0.717, 1.165) is 26.1 Å². The molecule has 1 aliphatic heterocycles. The molecule has 1 atom stereocenters. The maximum atomic E-state index is 11.6. The zero-order chi connectivity index (χ0) is 12.3. The van der Waals surface area contributed by atoms with Crippen molar-refractivity contribution in [2.45, 2.75) is 45.7 Å². The van der Waals surface area contributed by atoms with E-state index < -0.39 is 0 Å². The quantitative estimate of drug-likeness (QED) is 0.669. The van der Waals surface area contributed by atoms with Gasteiger partial charge in [0.05, 0.1) is 0 Å². The molecule has 0 saturated carbocycles. The highest BCUT2D eigenvalue weighted by atomic mass is 16.2. The number of rotatable bonds is 2. The maximum Gasteiger partial charge on any atom is 0.246 e. The van der Waals surface area contributed by atoms with Gasteiger partial charge in [0.1, 0.15) is 0 Å². The minimum absolute atomic E-state index is 0.0620. The van der Waals surface area contributed by atoms with E-state index in [2.05, 4.69) is 39.2 Å². The van der Waals surface area contributed by atoms with Crippen LogP contribution in [0.15, 0.2) is 12.7 Å². The second kappa shape index (κ2) is 5.00. The molecule has 92 valence electrons. The van der Waals surface area contributed by atoms with Gasteiger partial charge in [0, 0.05) is 31.2 Å². The van der Waals surface area contributed by atoms with Crippen molar-refractivity contribution in [1.29, 1.82) is 0 Å².